The Balaban J connectivity index is 1.69. The molecule has 2 fully saturated rings. The van der Waals surface area contributed by atoms with Crippen molar-refractivity contribution in [3.05, 3.63) is 29.8 Å². The van der Waals surface area contributed by atoms with Crippen LogP contribution >= 0.6 is 11.8 Å². The third-order valence-electron chi connectivity index (χ3n) is 6.35. The van der Waals surface area contributed by atoms with Gasteiger partial charge >= 0.3 is 6.18 Å². The molecule has 2 saturated heterocycles. The number of benzene rings is 1. The molecule has 0 bridgehead atoms. The maximum atomic E-state index is 13.3. The first-order valence-electron chi connectivity index (χ1n) is 11.4. The lowest BCUT2D eigenvalue weighted by molar-refractivity contribution is -0.165. The first-order valence-corrected chi connectivity index (χ1v) is 12.3. The van der Waals surface area contributed by atoms with Crippen LogP contribution in [0.15, 0.2) is 24.3 Å². The van der Waals surface area contributed by atoms with E-state index in [1.165, 1.54) is 18.9 Å². The van der Waals surface area contributed by atoms with Gasteiger partial charge < -0.3 is 20.9 Å². The minimum Gasteiger partial charge on any atom is -0.383 e. The lowest BCUT2D eigenvalue weighted by atomic mass is 9.83. The summed E-state index contributed by atoms with van der Waals surface area (Å²) in [5.41, 5.74) is 4.70. The standard InChI is InChI=1S/C23H30F3N5O2S/c1-2-31-19(32)18(34-21(31)22(15-27,20(28)33)14-23(24,25)26)13-29-17-7-5-6-16(12-17)8-11-30-9-3-4-10-30/h5-7,12,18,21,29H,2-4,8-11,13-14H2,1H3,(H2,28,33). The van der Waals surface area contributed by atoms with Crippen LogP contribution in [0.4, 0.5) is 18.9 Å². The quantitative estimate of drug-likeness (QED) is 0.515. The third-order valence-corrected chi connectivity index (χ3v) is 7.96. The van der Waals surface area contributed by atoms with E-state index >= 15 is 0 Å². The van der Waals surface area contributed by atoms with Gasteiger partial charge in [-0.2, -0.15) is 18.4 Å². The Hall–Kier alpha value is -2.45. The molecule has 0 spiro atoms. The van der Waals surface area contributed by atoms with Crippen molar-refractivity contribution in [2.24, 2.45) is 11.1 Å². The summed E-state index contributed by atoms with van der Waals surface area (Å²) in [6.45, 7) is 5.04. The van der Waals surface area contributed by atoms with Crippen LogP contribution < -0.4 is 11.1 Å². The zero-order valence-corrected chi connectivity index (χ0v) is 19.9. The van der Waals surface area contributed by atoms with Crippen molar-refractivity contribution >= 4 is 29.3 Å². The van der Waals surface area contributed by atoms with Gasteiger partial charge in [-0.1, -0.05) is 12.1 Å². The fraction of sp³-hybridized carbons (Fsp3) is 0.609. The van der Waals surface area contributed by atoms with Crippen LogP contribution in [0.1, 0.15) is 31.7 Å². The summed E-state index contributed by atoms with van der Waals surface area (Å²) in [5, 5.41) is 10.7. The van der Waals surface area contributed by atoms with Crippen LogP contribution in [0.2, 0.25) is 0 Å². The summed E-state index contributed by atoms with van der Waals surface area (Å²) in [5.74, 6) is -1.80. The molecule has 1 aromatic rings. The van der Waals surface area contributed by atoms with Gasteiger partial charge in [-0.3, -0.25) is 9.59 Å². The Morgan fingerprint density at radius 1 is 1.32 bits per heavy atom. The predicted octanol–water partition coefficient (Wildman–Crippen LogP) is 2.97. The van der Waals surface area contributed by atoms with E-state index < -0.39 is 40.5 Å². The van der Waals surface area contributed by atoms with E-state index in [1.54, 1.807) is 6.92 Å². The lowest BCUT2D eigenvalue weighted by Crippen LogP contribution is -2.53. The van der Waals surface area contributed by atoms with Gasteiger partial charge in [0, 0.05) is 25.3 Å². The summed E-state index contributed by atoms with van der Waals surface area (Å²) in [6, 6.07) is 9.33. The average Bonchev–Trinajstić information content (AvgIpc) is 3.42. The van der Waals surface area contributed by atoms with E-state index in [4.69, 9.17) is 5.73 Å². The van der Waals surface area contributed by atoms with Gasteiger partial charge in [0.05, 0.1) is 12.5 Å². The molecule has 11 heteroatoms. The highest BCUT2D eigenvalue weighted by molar-refractivity contribution is 8.01. The number of alkyl halides is 3. The number of primary amides is 1. The number of nitrogens with two attached hydrogens (primary N) is 1. The van der Waals surface area contributed by atoms with Gasteiger partial charge in [0.2, 0.25) is 11.8 Å². The zero-order valence-electron chi connectivity index (χ0n) is 19.1. The van der Waals surface area contributed by atoms with Crippen LogP contribution in [0.5, 0.6) is 0 Å². The molecule has 1 aromatic carbocycles. The summed E-state index contributed by atoms with van der Waals surface area (Å²) in [6.07, 6.45) is -3.13. The zero-order chi connectivity index (χ0) is 24.9. The monoisotopic (exact) mass is 497 g/mol. The fourth-order valence-corrected chi connectivity index (χ4v) is 6.16. The first-order chi connectivity index (χ1) is 16.1. The average molecular weight is 498 g/mol. The minimum atomic E-state index is -4.79. The van der Waals surface area contributed by atoms with Gasteiger partial charge in [-0.05, 0) is 57.0 Å². The summed E-state index contributed by atoms with van der Waals surface area (Å²) >= 11 is 0.886. The molecule has 3 rings (SSSR count). The largest absolute Gasteiger partial charge is 0.391 e. The van der Waals surface area contributed by atoms with E-state index in [1.807, 2.05) is 24.3 Å². The summed E-state index contributed by atoms with van der Waals surface area (Å²) < 4.78 is 39.8. The van der Waals surface area contributed by atoms with E-state index in [0.717, 1.165) is 54.0 Å². The van der Waals surface area contributed by atoms with Crippen molar-refractivity contribution in [2.45, 2.75) is 49.4 Å². The molecule has 3 atom stereocenters. The number of likely N-dealkylation sites (tertiary alicyclic amines) is 1. The number of hydrogen-bond acceptors (Lipinski definition) is 6. The molecule has 3 N–H and O–H groups in total. The number of carbonyl (C=O) groups is 2. The number of anilines is 1. The predicted molar refractivity (Wildman–Crippen MR) is 125 cm³/mol. The molecular weight excluding hydrogens is 467 g/mol. The lowest BCUT2D eigenvalue weighted by Gasteiger charge is -2.34. The Morgan fingerprint density at radius 3 is 2.62 bits per heavy atom. The van der Waals surface area contributed by atoms with E-state index in [9.17, 15) is 28.0 Å². The van der Waals surface area contributed by atoms with Crippen LogP contribution in [0.25, 0.3) is 0 Å². The number of nitrogens with zero attached hydrogens (tertiary/aromatic N) is 3. The maximum absolute atomic E-state index is 13.3. The summed E-state index contributed by atoms with van der Waals surface area (Å²) in [4.78, 5) is 28.6. The van der Waals surface area contributed by atoms with E-state index in [2.05, 4.69) is 10.2 Å². The second-order valence-corrected chi connectivity index (χ2v) is 10.0. The second-order valence-electron chi connectivity index (χ2n) is 8.72. The Kier molecular flexibility index (Phi) is 8.36. The summed E-state index contributed by atoms with van der Waals surface area (Å²) in [7, 11) is 0. The topological polar surface area (TPSA) is 102 Å². The molecule has 0 aromatic heterocycles. The molecule has 3 unspecified atom stereocenters. The molecule has 2 amide bonds. The van der Waals surface area contributed by atoms with E-state index in [0.29, 0.717) is 0 Å². The third kappa shape index (κ3) is 5.96. The number of hydrogen-bond donors (Lipinski definition) is 2. The highest BCUT2D eigenvalue weighted by Gasteiger charge is 2.59. The highest BCUT2D eigenvalue weighted by atomic mass is 32.2. The Bertz CT molecular complexity index is 932. The van der Waals surface area contributed by atoms with Gasteiger partial charge in [-0.25, -0.2) is 0 Å². The van der Waals surface area contributed by atoms with Crippen molar-refractivity contribution in [1.82, 2.24) is 9.80 Å². The molecule has 0 saturated carbocycles. The molecule has 2 aliphatic rings. The van der Waals surface area contributed by atoms with Crippen molar-refractivity contribution in [2.75, 3.05) is 38.0 Å². The number of nitrogens with one attached hydrogen (secondary N) is 1. The van der Waals surface area contributed by atoms with Gasteiger partial charge in [0.1, 0.15) is 10.6 Å². The van der Waals surface area contributed by atoms with Gasteiger partial charge in [-0.15, -0.1) is 11.8 Å². The van der Waals surface area contributed by atoms with Crippen molar-refractivity contribution in [3.63, 3.8) is 0 Å². The highest BCUT2D eigenvalue weighted by Crippen LogP contribution is 2.47. The van der Waals surface area contributed by atoms with Gasteiger partial charge in [0.25, 0.3) is 0 Å². The van der Waals surface area contributed by atoms with Crippen molar-refractivity contribution < 1.29 is 22.8 Å². The number of thioether (sulfide) groups is 1. The number of amides is 2. The van der Waals surface area contributed by atoms with Crippen molar-refractivity contribution in [1.29, 1.82) is 5.26 Å². The molecule has 2 aliphatic heterocycles. The Morgan fingerprint density at radius 2 is 2.03 bits per heavy atom. The number of rotatable bonds is 10. The van der Waals surface area contributed by atoms with Crippen LogP contribution in [-0.4, -0.2) is 71.1 Å². The molecule has 0 aliphatic carbocycles. The molecule has 7 nitrogen and oxygen atoms in total. The molecule has 186 valence electrons. The van der Waals surface area contributed by atoms with Crippen LogP contribution in [0, 0.1) is 16.7 Å². The number of halogens is 3. The first kappa shape index (κ1) is 26.2. The Labute approximate surface area is 201 Å². The SMILES string of the molecule is CCN1C(=O)C(CNc2cccc(CCN3CCCC3)c2)SC1C(C#N)(CC(F)(F)F)C(N)=O. The van der Waals surface area contributed by atoms with Gasteiger partial charge in [0.15, 0.2) is 5.41 Å². The smallest absolute Gasteiger partial charge is 0.383 e. The van der Waals surface area contributed by atoms with Crippen molar-refractivity contribution in [3.8, 4) is 6.07 Å². The fourth-order valence-electron chi connectivity index (χ4n) is 4.53. The molecule has 0 radical (unpaired) electrons. The molecule has 34 heavy (non-hydrogen) atoms. The second kappa shape index (κ2) is 10.9. The molecular formula is C23H30F3N5O2S. The normalized spacial score (nSPS) is 23.0. The minimum absolute atomic E-state index is 0.0630. The van der Waals surface area contributed by atoms with Crippen LogP contribution in [0.3, 0.4) is 0 Å². The molecule has 2 heterocycles. The maximum Gasteiger partial charge on any atom is 0.391 e. The van der Waals surface area contributed by atoms with E-state index in [-0.39, 0.29) is 13.1 Å². The number of nitriles is 1. The van der Waals surface area contributed by atoms with Crippen LogP contribution in [-0.2, 0) is 16.0 Å². The number of carbonyl (C=O) groups excluding carboxylic acids is 2.